The topological polar surface area (TPSA) is 9.23 Å². The van der Waals surface area contributed by atoms with Crippen LogP contribution < -0.4 is 4.74 Å². The molecule has 0 aromatic heterocycles. The van der Waals surface area contributed by atoms with Crippen molar-refractivity contribution in [3.05, 3.63) is 29.8 Å². The van der Waals surface area contributed by atoms with E-state index < -0.39 is 0 Å². The van der Waals surface area contributed by atoms with E-state index in [1.165, 1.54) is 18.4 Å². The Kier molecular flexibility index (Phi) is 6.39. The van der Waals surface area contributed by atoms with E-state index in [1.54, 1.807) is 0 Å². The Bertz CT molecular complexity index is 279. The Hall–Kier alpha value is -0.630. The third-order valence-electron chi connectivity index (χ3n) is 2.62. The molecular weight excluding hydrogens is 216 g/mol. The first-order chi connectivity index (χ1) is 7.74. The number of rotatable bonds is 7. The molecule has 0 aliphatic carbocycles. The van der Waals surface area contributed by atoms with Crippen molar-refractivity contribution in [2.75, 3.05) is 12.4 Å². The lowest BCUT2D eigenvalue weighted by molar-refractivity contribution is 0.306. The van der Waals surface area contributed by atoms with Crippen molar-refractivity contribution in [3.63, 3.8) is 0 Å². The van der Waals surface area contributed by atoms with E-state index in [2.05, 4.69) is 50.7 Å². The van der Waals surface area contributed by atoms with E-state index in [9.17, 15) is 0 Å². The first kappa shape index (κ1) is 13.4. The third-order valence-corrected chi connectivity index (χ3v) is 2.93. The second kappa shape index (κ2) is 7.61. The SMILES string of the molecule is CC(C)c1ccc(OCCCCCS)cc1. The highest BCUT2D eigenvalue weighted by Gasteiger charge is 1.99. The molecule has 0 heterocycles. The monoisotopic (exact) mass is 238 g/mol. The van der Waals surface area contributed by atoms with Crippen LogP contribution in [0.15, 0.2) is 24.3 Å². The van der Waals surface area contributed by atoms with Gasteiger partial charge in [-0.15, -0.1) is 0 Å². The van der Waals surface area contributed by atoms with Crippen LogP contribution in [-0.4, -0.2) is 12.4 Å². The molecule has 0 amide bonds. The van der Waals surface area contributed by atoms with E-state index in [4.69, 9.17) is 4.74 Å². The molecule has 0 saturated heterocycles. The van der Waals surface area contributed by atoms with Crippen LogP contribution in [0, 0.1) is 0 Å². The molecule has 0 aliphatic rings. The minimum atomic E-state index is 0.587. The molecule has 1 aromatic carbocycles. The van der Waals surface area contributed by atoms with Gasteiger partial charge in [-0.05, 0) is 48.6 Å². The minimum absolute atomic E-state index is 0.587. The van der Waals surface area contributed by atoms with Gasteiger partial charge in [-0.25, -0.2) is 0 Å². The van der Waals surface area contributed by atoms with Crippen LogP contribution in [0.1, 0.15) is 44.6 Å². The molecule has 0 saturated carbocycles. The molecule has 0 fully saturated rings. The lowest BCUT2D eigenvalue weighted by atomic mass is 10.0. The molecule has 2 heteroatoms. The maximum atomic E-state index is 5.66. The predicted molar refractivity (Wildman–Crippen MR) is 73.7 cm³/mol. The summed E-state index contributed by atoms with van der Waals surface area (Å²) in [7, 11) is 0. The van der Waals surface area contributed by atoms with Gasteiger partial charge in [0.2, 0.25) is 0 Å². The van der Waals surface area contributed by atoms with E-state index in [0.717, 1.165) is 24.5 Å². The molecule has 0 radical (unpaired) electrons. The highest BCUT2D eigenvalue weighted by atomic mass is 32.1. The van der Waals surface area contributed by atoms with Gasteiger partial charge in [-0.3, -0.25) is 0 Å². The van der Waals surface area contributed by atoms with Gasteiger partial charge in [-0.2, -0.15) is 12.6 Å². The standard InChI is InChI=1S/C14H22OS/c1-12(2)13-6-8-14(9-7-13)15-10-4-3-5-11-16/h6-9,12,16H,3-5,10-11H2,1-2H3. The molecule has 0 aliphatic heterocycles. The summed E-state index contributed by atoms with van der Waals surface area (Å²) in [4.78, 5) is 0. The smallest absolute Gasteiger partial charge is 0.119 e. The number of unbranched alkanes of at least 4 members (excludes halogenated alkanes) is 2. The second-order valence-corrected chi connectivity index (χ2v) is 4.80. The van der Waals surface area contributed by atoms with Crippen LogP contribution in [-0.2, 0) is 0 Å². The first-order valence-corrected chi connectivity index (χ1v) is 6.71. The van der Waals surface area contributed by atoms with Gasteiger partial charge in [0.25, 0.3) is 0 Å². The van der Waals surface area contributed by atoms with E-state index in [-0.39, 0.29) is 0 Å². The summed E-state index contributed by atoms with van der Waals surface area (Å²) in [5, 5.41) is 0. The maximum Gasteiger partial charge on any atom is 0.119 e. The zero-order valence-corrected chi connectivity index (χ0v) is 11.2. The summed E-state index contributed by atoms with van der Waals surface area (Å²) in [6.07, 6.45) is 3.50. The maximum absolute atomic E-state index is 5.66. The Morgan fingerprint density at radius 2 is 1.75 bits per heavy atom. The van der Waals surface area contributed by atoms with E-state index in [0.29, 0.717) is 5.92 Å². The number of hydrogen-bond donors (Lipinski definition) is 1. The third kappa shape index (κ3) is 4.93. The molecule has 90 valence electrons. The highest BCUT2D eigenvalue weighted by Crippen LogP contribution is 2.18. The van der Waals surface area contributed by atoms with Gasteiger partial charge >= 0.3 is 0 Å². The fourth-order valence-electron chi connectivity index (χ4n) is 1.53. The Labute approximate surface area is 105 Å². The normalized spacial score (nSPS) is 10.8. The van der Waals surface area contributed by atoms with Gasteiger partial charge in [-0.1, -0.05) is 26.0 Å². The Balaban J connectivity index is 2.27. The van der Waals surface area contributed by atoms with Gasteiger partial charge in [0.05, 0.1) is 6.61 Å². The van der Waals surface area contributed by atoms with Gasteiger partial charge in [0, 0.05) is 0 Å². The van der Waals surface area contributed by atoms with Crippen LogP contribution in [0.25, 0.3) is 0 Å². The van der Waals surface area contributed by atoms with Crippen molar-refractivity contribution in [2.45, 2.75) is 39.0 Å². The molecule has 0 N–H and O–H groups in total. The molecule has 1 rings (SSSR count). The molecule has 0 bridgehead atoms. The molecule has 1 aromatic rings. The second-order valence-electron chi connectivity index (χ2n) is 4.36. The van der Waals surface area contributed by atoms with Crippen molar-refractivity contribution in [2.24, 2.45) is 0 Å². The van der Waals surface area contributed by atoms with Gasteiger partial charge in [0.15, 0.2) is 0 Å². The Morgan fingerprint density at radius 1 is 1.06 bits per heavy atom. The van der Waals surface area contributed by atoms with Crippen molar-refractivity contribution >= 4 is 12.6 Å². The van der Waals surface area contributed by atoms with Crippen molar-refractivity contribution in [3.8, 4) is 5.75 Å². The summed E-state index contributed by atoms with van der Waals surface area (Å²) in [6.45, 7) is 5.22. The number of benzene rings is 1. The molecule has 1 nitrogen and oxygen atoms in total. The predicted octanol–water partition coefficient (Wildman–Crippen LogP) is 4.29. The zero-order chi connectivity index (χ0) is 11.8. The van der Waals surface area contributed by atoms with Crippen molar-refractivity contribution in [1.29, 1.82) is 0 Å². The Morgan fingerprint density at radius 3 is 2.31 bits per heavy atom. The zero-order valence-electron chi connectivity index (χ0n) is 10.3. The van der Waals surface area contributed by atoms with E-state index >= 15 is 0 Å². The average molecular weight is 238 g/mol. The average Bonchev–Trinajstić information content (AvgIpc) is 2.29. The quantitative estimate of drug-likeness (QED) is 0.551. The molecule has 16 heavy (non-hydrogen) atoms. The summed E-state index contributed by atoms with van der Waals surface area (Å²) < 4.78 is 5.66. The van der Waals surface area contributed by atoms with Crippen LogP contribution in [0.5, 0.6) is 5.75 Å². The van der Waals surface area contributed by atoms with Crippen LogP contribution in [0.4, 0.5) is 0 Å². The fraction of sp³-hybridized carbons (Fsp3) is 0.571. The number of hydrogen-bond acceptors (Lipinski definition) is 2. The molecule has 0 spiro atoms. The van der Waals surface area contributed by atoms with Crippen LogP contribution >= 0.6 is 12.6 Å². The lowest BCUT2D eigenvalue weighted by Crippen LogP contribution is -1.97. The summed E-state index contributed by atoms with van der Waals surface area (Å²) >= 11 is 4.18. The van der Waals surface area contributed by atoms with Gasteiger partial charge < -0.3 is 4.74 Å². The lowest BCUT2D eigenvalue weighted by Gasteiger charge is -2.08. The van der Waals surface area contributed by atoms with Crippen molar-refractivity contribution < 1.29 is 4.74 Å². The largest absolute Gasteiger partial charge is 0.494 e. The van der Waals surface area contributed by atoms with E-state index in [1.807, 2.05) is 0 Å². The highest BCUT2D eigenvalue weighted by molar-refractivity contribution is 7.80. The van der Waals surface area contributed by atoms with Crippen LogP contribution in [0.3, 0.4) is 0 Å². The number of thiol groups is 1. The molecule has 0 unspecified atom stereocenters. The van der Waals surface area contributed by atoms with Crippen LogP contribution in [0.2, 0.25) is 0 Å². The summed E-state index contributed by atoms with van der Waals surface area (Å²) in [5.74, 6) is 2.54. The fourth-order valence-corrected chi connectivity index (χ4v) is 1.75. The number of ether oxygens (including phenoxy) is 1. The molecule has 0 atom stereocenters. The summed E-state index contributed by atoms with van der Waals surface area (Å²) in [5.41, 5.74) is 1.36. The first-order valence-electron chi connectivity index (χ1n) is 6.07. The van der Waals surface area contributed by atoms with Gasteiger partial charge in [0.1, 0.15) is 5.75 Å². The molecular formula is C14H22OS. The minimum Gasteiger partial charge on any atom is -0.494 e. The van der Waals surface area contributed by atoms with Crippen molar-refractivity contribution in [1.82, 2.24) is 0 Å². The summed E-state index contributed by atoms with van der Waals surface area (Å²) in [6, 6.07) is 8.42.